The van der Waals surface area contributed by atoms with Crippen molar-refractivity contribution in [1.82, 2.24) is 0 Å². The van der Waals surface area contributed by atoms with Crippen LogP contribution in [0.1, 0.15) is 82.8 Å². The molecule has 0 unspecified atom stereocenters. The van der Waals surface area contributed by atoms with Gasteiger partial charge >= 0.3 is 0 Å². The fourth-order valence-corrected chi connectivity index (χ4v) is 8.30. The van der Waals surface area contributed by atoms with Crippen LogP contribution in [0.3, 0.4) is 0 Å². The number of ketones is 1. The standard InChI is InChI=1S/C36H40O2/c1-20(2)25-11-13-26(14-12-25)27-15-16-29(37)31-28(27)18-34(8)19-35(9)17-22(5)30(21(3)4)23(6)36(35,10)24(7)32(34)33(31)38/h11-16,37H,1,3,6,17-19H2,2,4-5,7-10H3/t34-,35+,36-/m1/s1. The number of carbonyl (C=O) groups is 1. The van der Waals surface area contributed by atoms with E-state index in [9.17, 15) is 9.90 Å². The Morgan fingerprint density at radius 1 is 0.921 bits per heavy atom. The molecule has 0 saturated carbocycles. The zero-order valence-electron chi connectivity index (χ0n) is 24.1. The van der Waals surface area contributed by atoms with Crippen molar-refractivity contribution in [3.05, 3.63) is 106 Å². The van der Waals surface area contributed by atoms with E-state index >= 15 is 0 Å². The Morgan fingerprint density at radius 2 is 1.55 bits per heavy atom. The molecule has 3 atom stereocenters. The number of phenolic OH excluding ortho intramolecular Hbond substituents is 1. The van der Waals surface area contributed by atoms with Crippen LogP contribution in [0.15, 0.2) is 89.6 Å². The molecule has 5 rings (SSSR count). The van der Waals surface area contributed by atoms with Crippen molar-refractivity contribution in [1.29, 1.82) is 0 Å². The maximum Gasteiger partial charge on any atom is 0.193 e. The summed E-state index contributed by atoms with van der Waals surface area (Å²) in [5.41, 5.74) is 11.3. The van der Waals surface area contributed by atoms with Gasteiger partial charge in [-0.05, 0) is 91.8 Å². The lowest BCUT2D eigenvalue weighted by Crippen LogP contribution is -2.53. The van der Waals surface area contributed by atoms with Gasteiger partial charge in [-0.3, -0.25) is 4.79 Å². The fraction of sp³-hybridized carbons (Fsp3) is 0.361. The van der Waals surface area contributed by atoms with Crippen LogP contribution < -0.4 is 0 Å². The number of hydrogen-bond donors (Lipinski definition) is 1. The molecule has 196 valence electrons. The molecule has 0 saturated heterocycles. The van der Waals surface area contributed by atoms with Gasteiger partial charge in [0.2, 0.25) is 0 Å². The molecule has 1 N–H and O–H groups in total. The van der Waals surface area contributed by atoms with Crippen molar-refractivity contribution in [3.63, 3.8) is 0 Å². The SMILES string of the molecule is C=C(C)C1=C(C)C[C@@]2(C)C[C@@]3(C)Cc4c(-c5ccc(C(=C)C)cc5)ccc(O)c4C(=O)C3=C(C)[C@@]2(C)C1=C. The first kappa shape index (κ1) is 26.2. The van der Waals surface area contributed by atoms with E-state index in [1.54, 1.807) is 6.07 Å². The minimum absolute atomic E-state index is 0.0385. The highest BCUT2D eigenvalue weighted by molar-refractivity contribution is 6.15. The second kappa shape index (κ2) is 8.30. The topological polar surface area (TPSA) is 37.3 Å². The van der Waals surface area contributed by atoms with Gasteiger partial charge in [-0.2, -0.15) is 0 Å². The van der Waals surface area contributed by atoms with E-state index in [2.05, 4.69) is 85.5 Å². The number of aromatic hydroxyl groups is 1. The third-order valence-corrected chi connectivity index (χ3v) is 10.1. The van der Waals surface area contributed by atoms with Crippen molar-refractivity contribution >= 4 is 11.4 Å². The molecule has 0 heterocycles. The highest BCUT2D eigenvalue weighted by Crippen LogP contribution is 2.69. The largest absolute Gasteiger partial charge is 0.507 e. The number of hydrogen-bond acceptors (Lipinski definition) is 2. The number of fused-ring (bicyclic) bond motifs is 3. The Bertz CT molecular complexity index is 1530. The number of allylic oxidation sites excluding steroid dienone is 7. The summed E-state index contributed by atoms with van der Waals surface area (Å²) < 4.78 is 0. The van der Waals surface area contributed by atoms with Crippen LogP contribution in [0.25, 0.3) is 16.7 Å². The summed E-state index contributed by atoms with van der Waals surface area (Å²) in [6.45, 7) is 28.2. The number of benzene rings is 2. The van der Waals surface area contributed by atoms with Gasteiger partial charge in [-0.25, -0.2) is 0 Å². The third kappa shape index (κ3) is 3.35. The van der Waals surface area contributed by atoms with Crippen molar-refractivity contribution in [3.8, 4) is 16.9 Å². The maximum atomic E-state index is 14.4. The first-order chi connectivity index (χ1) is 17.7. The molecule has 0 aliphatic heterocycles. The summed E-state index contributed by atoms with van der Waals surface area (Å²) in [5, 5.41) is 11.0. The van der Waals surface area contributed by atoms with Crippen molar-refractivity contribution < 1.29 is 9.90 Å². The quantitative estimate of drug-likeness (QED) is 0.452. The zero-order valence-corrected chi connectivity index (χ0v) is 24.1. The highest BCUT2D eigenvalue weighted by atomic mass is 16.3. The number of carbonyl (C=O) groups excluding carboxylic acids is 1. The van der Waals surface area contributed by atoms with Gasteiger partial charge < -0.3 is 5.11 Å². The predicted molar refractivity (Wildman–Crippen MR) is 159 cm³/mol. The van der Waals surface area contributed by atoms with Crippen LogP contribution in [0.4, 0.5) is 0 Å². The first-order valence-electron chi connectivity index (χ1n) is 13.6. The van der Waals surface area contributed by atoms with Crippen LogP contribution >= 0.6 is 0 Å². The molecule has 0 spiro atoms. The van der Waals surface area contributed by atoms with Crippen LogP contribution in [0.2, 0.25) is 0 Å². The summed E-state index contributed by atoms with van der Waals surface area (Å²) in [6.07, 6.45) is 2.53. The maximum absolute atomic E-state index is 14.4. The molecule has 3 aliphatic carbocycles. The number of rotatable bonds is 3. The van der Waals surface area contributed by atoms with Crippen LogP contribution in [-0.4, -0.2) is 10.9 Å². The number of phenols is 1. The van der Waals surface area contributed by atoms with E-state index in [0.29, 0.717) is 12.0 Å². The monoisotopic (exact) mass is 504 g/mol. The van der Waals surface area contributed by atoms with Crippen LogP contribution in [0.5, 0.6) is 5.75 Å². The molecule has 3 aliphatic rings. The average molecular weight is 505 g/mol. The molecule has 0 aromatic heterocycles. The van der Waals surface area contributed by atoms with Gasteiger partial charge in [0, 0.05) is 16.4 Å². The minimum atomic E-state index is -0.367. The highest BCUT2D eigenvalue weighted by Gasteiger charge is 2.60. The molecule has 2 nitrogen and oxygen atoms in total. The molecule has 38 heavy (non-hydrogen) atoms. The van der Waals surface area contributed by atoms with E-state index in [-0.39, 0.29) is 27.8 Å². The molecular formula is C36H40O2. The van der Waals surface area contributed by atoms with Gasteiger partial charge in [0.15, 0.2) is 5.78 Å². The molecule has 2 aromatic carbocycles. The Balaban J connectivity index is 1.73. The summed E-state index contributed by atoms with van der Waals surface area (Å²) in [6, 6.07) is 12.0. The fourth-order valence-electron chi connectivity index (χ4n) is 8.30. The zero-order chi connectivity index (χ0) is 27.9. The normalized spacial score (nSPS) is 28.6. The smallest absolute Gasteiger partial charge is 0.193 e. The summed E-state index contributed by atoms with van der Waals surface area (Å²) >= 11 is 0. The van der Waals surface area contributed by atoms with Gasteiger partial charge in [0.25, 0.3) is 0 Å². The Labute approximate surface area is 228 Å². The molecule has 2 aromatic rings. The molecule has 0 amide bonds. The molecule has 0 fully saturated rings. The minimum Gasteiger partial charge on any atom is -0.507 e. The molecular weight excluding hydrogens is 464 g/mol. The van der Waals surface area contributed by atoms with Crippen LogP contribution in [-0.2, 0) is 6.42 Å². The summed E-state index contributed by atoms with van der Waals surface area (Å²) in [4.78, 5) is 14.4. The van der Waals surface area contributed by atoms with E-state index in [1.165, 1.54) is 11.1 Å². The van der Waals surface area contributed by atoms with E-state index < -0.39 is 0 Å². The lowest BCUT2D eigenvalue weighted by molar-refractivity contribution is 0.0463. The Morgan fingerprint density at radius 3 is 2.13 bits per heavy atom. The van der Waals surface area contributed by atoms with Gasteiger partial charge in [-0.1, -0.05) is 93.1 Å². The van der Waals surface area contributed by atoms with Gasteiger partial charge in [0.1, 0.15) is 5.75 Å². The summed E-state index contributed by atoms with van der Waals surface area (Å²) in [7, 11) is 0. The predicted octanol–water partition coefficient (Wildman–Crippen LogP) is 9.42. The van der Waals surface area contributed by atoms with E-state index in [0.717, 1.165) is 63.0 Å². The first-order valence-corrected chi connectivity index (χ1v) is 13.6. The van der Waals surface area contributed by atoms with E-state index in [1.807, 2.05) is 13.0 Å². The second-order valence-corrected chi connectivity index (χ2v) is 12.9. The van der Waals surface area contributed by atoms with Crippen molar-refractivity contribution in [2.24, 2.45) is 16.2 Å². The second-order valence-electron chi connectivity index (χ2n) is 12.9. The third-order valence-electron chi connectivity index (χ3n) is 10.1. The molecule has 2 heteroatoms. The van der Waals surface area contributed by atoms with Crippen molar-refractivity contribution in [2.45, 2.75) is 67.7 Å². The van der Waals surface area contributed by atoms with Gasteiger partial charge in [-0.15, -0.1) is 0 Å². The van der Waals surface area contributed by atoms with Gasteiger partial charge in [0.05, 0.1) is 5.56 Å². The lowest BCUT2D eigenvalue weighted by atomic mass is 9.42. The number of Topliss-reactive ketones (excluding diaryl/α,β-unsaturated/α-hetero) is 1. The van der Waals surface area contributed by atoms with Crippen LogP contribution in [0, 0.1) is 16.2 Å². The molecule has 0 bridgehead atoms. The lowest BCUT2D eigenvalue weighted by Gasteiger charge is -2.61. The molecule has 0 radical (unpaired) electrons. The van der Waals surface area contributed by atoms with E-state index in [4.69, 9.17) is 0 Å². The Hall–Kier alpha value is -3.39. The summed E-state index contributed by atoms with van der Waals surface area (Å²) in [5.74, 6) is 0.0253. The van der Waals surface area contributed by atoms with Crippen molar-refractivity contribution in [2.75, 3.05) is 0 Å². The Kier molecular flexibility index (Phi) is 5.73. The average Bonchev–Trinajstić information content (AvgIpc) is 2.81.